The van der Waals surface area contributed by atoms with E-state index >= 15 is 0 Å². The highest BCUT2D eigenvalue weighted by Gasteiger charge is 2.13. The standard InChI is InChI=1S/C10H11N5O/c11-9-8(10(12)16)15(6-14-9)5-7-3-1-2-4-13-7/h1-4,6H,5,11H2,(H2,12,16). The van der Waals surface area contributed by atoms with E-state index in [9.17, 15) is 4.79 Å². The van der Waals surface area contributed by atoms with Crippen LogP contribution in [-0.4, -0.2) is 20.4 Å². The average Bonchev–Trinajstić information content (AvgIpc) is 2.61. The van der Waals surface area contributed by atoms with Crippen LogP contribution in [0.2, 0.25) is 0 Å². The lowest BCUT2D eigenvalue weighted by Crippen LogP contribution is -2.19. The van der Waals surface area contributed by atoms with Gasteiger partial charge in [-0.3, -0.25) is 9.78 Å². The fraction of sp³-hybridized carbons (Fsp3) is 0.100. The first-order valence-electron chi connectivity index (χ1n) is 4.69. The summed E-state index contributed by atoms with van der Waals surface area (Å²) in [5.41, 5.74) is 11.8. The van der Waals surface area contributed by atoms with Crippen molar-refractivity contribution in [2.45, 2.75) is 6.54 Å². The molecule has 0 fully saturated rings. The van der Waals surface area contributed by atoms with Crippen LogP contribution in [0, 0.1) is 0 Å². The van der Waals surface area contributed by atoms with Gasteiger partial charge in [-0.2, -0.15) is 0 Å². The fourth-order valence-electron chi connectivity index (χ4n) is 1.45. The molecule has 16 heavy (non-hydrogen) atoms. The molecule has 2 rings (SSSR count). The lowest BCUT2D eigenvalue weighted by Gasteiger charge is -2.04. The van der Waals surface area contributed by atoms with Gasteiger partial charge in [-0.15, -0.1) is 0 Å². The van der Waals surface area contributed by atoms with Crippen LogP contribution >= 0.6 is 0 Å². The Bertz CT molecular complexity index is 505. The molecule has 0 aliphatic heterocycles. The second kappa shape index (κ2) is 4.01. The summed E-state index contributed by atoms with van der Waals surface area (Å²) in [7, 11) is 0. The van der Waals surface area contributed by atoms with Gasteiger partial charge in [0, 0.05) is 6.20 Å². The molecule has 0 bridgehead atoms. The summed E-state index contributed by atoms with van der Waals surface area (Å²) in [5.74, 6) is -0.450. The monoisotopic (exact) mass is 217 g/mol. The minimum atomic E-state index is -0.592. The van der Waals surface area contributed by atoms with Crippen molar-refractivity contribution in [1.82, 2.24) is 14.5 Å². The molecule has 0 aliphatic carbocycles. The number of amides is 1. The number of aromatic nitrogens is 3. The first-order chi connectivity index (χ1) is 7.68. The van der Waals surface area contributed by atoms with Gasteiger partial charge in [0.15, 0.2) is 11.5 Å². The summed E-state index contributed by atoms with van der Waals surface area (Å²) >= 11 is 0. The van der Waals surface area contributed by atoms with Gasteiger partial charge in [0.05, 0.1) is 18.6 Å². The molecule has 0 spiro atoms. The SMILES string of the molecule is NC(=O)c1c(N)ncn1Cc1ccccn1. The summed E-state index contributed by atoms with van der Waals surface area (Å²) < 4.78 is 1.58. The maximum atomic E-state index is 11.2. The zero-order chi connectivity index (χ0) is 11.5. The van der Waals surface area contributed by atoms with Crippen molar-refractivity contribution >= 4 is 11.7 Å². The van der Waals surface area contributed by atoms with Gasteiger partial charge >= 0.3 is 0 Å². The molecule has 4 N–H and O–H groups in total. The number of nitrogens with two attached hydrogens (primary N) is 2. The van der Waals surface area contributed by atoms with Crippen molar-refractivity contribution < 1.29 is 4.79 Å². The molecule has 6 heteroatoms. The number of rotatable bonds is 3. The van der Waals surface area contributed by atoms with Crippen molar-refractivity contribution in [3.63, 3.8) is 0 Å². The normalized spacial score (nSPS) is 10.2. The molecule has 1 amide bonds. The molecule has 2 heterocycles. The van der Waals surface area contributed by atoms with Gasteiger partial charge in [-0.1, -0.05) is 6.07 Å². The number of primary amides is 1. The second-order valence-electron chi connectivity index (χ2n) is 3.29. The molecule has 0 saturated heterocycles. The summed E-state index contributed by atoms with van der Waals surface area (Å²) in [6.07, 6.45) is 3.16. The molecule has 82 valence electrons. The molecular formula is C10H11N5O. The Morgan fingerprint density at radius 3 is 2.81 bits per heavy atom. The summed E-state index contributed by atoms with van der Waals surface area (Å²) in [4.78, 5) is 19.1. The number of anilines is 1. The van der Waals surface area contributed by atoms with E-state index < -0.39 is 5.91 Å². The highest BCUT2D eigenvalue weighted by molar-refractivity contribution is 5.95. The average molecular weight is 217 g/mol. The molecule has 0 aromatic carbocycles. The lowest BCUT2D eigenvalue weighted by atomic mass is 10.3. The lowest BCUT2D eigenvalue weighted by molar-refractivity contribution is 0.0993. The van der Waals surface area contributed by atoms with E-state index in [0.29, 0.717) is 6.54 Å². The minimum absolute atomic E-state index is 0.142. The topological polar surface area (TPSA) is 99.8 Å². The van der Waals surface area contributed by atoms with Gasteiger partial charge in [-0.25, -0.2) is 4.98 Å². The molecule has 0 saturated carbocycles. The van der Waals surface area contributed by atoms with Crippen LogP contribution < -0.4 is 11.5 Å². The van der Waals surface area contributed by atoms with Crippen LogP contribution in [-0.2, 0) is 6.54 Å². The van der Waals surface area contributed by atoms with E-state index in [1.54, 1.807) is 10.8 Å². The molecule has 0 radical (unpaired) electrons. The fourth-order valence-corrected chi connectivity index (χ4v) is 1.45. The van der Waals surface area contributed by atoms with Crippen molar-refractivity contribution in [2.24, 2.45) is 5.73 Å². The Morgan fingerprint density at radius 1 is 1.38 bits per heavy atom. The number of nitrogen functional groups attached to an aromatic ring is 1. The van der Waals surface area contributed by atoms with E-state index in [1.807, 2.05) is 18.2 Å². The number of hydrogen-bond donors (Lipinski definition) is 2. The van der Waals surface area contributed by atoms with Gasteiger partial charge in [-0.05, 0) is 12.1 Å². The predicted molar refractivity (Wildman–Crippen MR) is 58.5 cm³/mol. The Kier molecular flexibility index (Phi) is 2.55. The predicted octanol–water partition coefficient (Wildman–Crippen LogP) is 0.00750. The van der Waals surface area contributed by atoms with Gasteiger partial charge < -0.3 is 16.0 Å². The smallest absolute Gasteiger partial charge is 0.269 e. The maximum Gasteiger partial charge on any atom is 0.269 e. The van der Waals surface area contributed by atoms with Crippen LogP contribution in [0.3, 0.4) is 0 Å². The van der Waals surface area contributed by atoms with Crippen LogP contribution in [0.5, 0.6) is 0 Å². The number of nitrogens with zero attached hydrogens (tertiary/aromatic N) is 3. The van der Waals surface area contributed by atoms with Gasteiger partial charge in [0.1, 0.15) is 0 Å². The van der Waals surface area contributed by atoms with Crippen LogP contribution in [0.4, 0.5) is 5.82 Å². The van der Waals surface area contributed by atoms with E-state index in [2.05, 4.69) is 9.97 Å². The second-order valence-corrected chi connectivity index (χ2v) is 3.29. The minimum Gasteiger partial charge on any atom is -0.382 e. The zero-order valence-corrected chi connectivity index (χ0v) is 8.50. The van der Waals surface area contributed by atoms with Crippen molar-refractivity contribution in [3.05, 3.63) is 42.1 Å². The molecule has 2 aromatic heterocycles. The summed E-state index contributed by atoms with van der Waals surface area (Å²) in [5, 5.41) is 0. The highest BCUT2D eigenvalue weighted by atomic mass is 16.1. The van der Waals surface area contributed by atoms with Crippen LogP contribution in [0.25, 0.3) is 0 Å². The van der Waals surface area contributed by atoms with Gasteiger partial charge in [0.25, 0.3) is 5.91 Å². The highest BCUT2D eigenvalue weighted by Crippen LogP contribution is 2.10. The number of carbonyl (C=O) groups is 1. The molecular weight excluding hydrogens is 206 g/mol. The molecule has 0 atom stereocenters. The molecule has 6 nitrogen and oxygen atoms in total. The van der Waals surface area contributed by atoms with Crippen LogP contribution in [0.15, 0.2) is 30.7 Å². The first kappa shape index (κ1) is 10.2. The number of pyridine rings is 1. The Hall–Kier alpha value is -2.37. The van der Waals surface area contributed by atoms with Gasteiger partial charge in [0.2, 0.25) is 0 Å². The summed E-state index contributed by atoms with van der Waals surface area (Å²) in [6, 6.07) is 5.54. The van der Waals surface area contributed by atoms with E-state index in [1.165, 1.54) is 6.33 Å². The zero-order valence-electron chi connectivity index (χ0n) is 8.50. The number of carbonyl (C=O) groups excluding carboxylic acids is 1. The number of hydrogen-bond acceptors (Lipinski definition) is 4. The molecule has 0 aliphatic rings. The quantitative estimate of drug-likeness (QED) is 0.756. The Morgan fingerprint density at radius 2 is 2.19 bits per heavy atom. The Balaban J connectivity index is 2.32. The third-order valence-corrected chi connectivity index (χ3v) is 2.16. The van der Waals surface area contributed by atoms with Crippen molar-refractivity contribution in [2.75, 3.05) is 5.73 Å². The molecule has 0 unspecified atom stereocenters. The summed E-state index contributed by atoms with van der Waals surface area (Å²) in [6.45, 7) is 0.420. The largest absolute Gasteiger partial charge is 0.382 e. The third kappa shape index (κ3) is 1.85. The first-order valence-corrected chi connectivity index (χ1v) is 4.69. The third-order valence-electron chi connectivity index (χ3n) is 2.16. The van der Waals surface area contributed by atoms with E-state index in [0.717, 1.165) is 5.69 Å². The van der Waals surface area contributed by atoms with Crippen molar-refractivity contribution in [3.8, 4) is 0 Å². The maximum absolute atomic E-state index is 11.2. The Labute approximate surface area is 91.9 Å². The number of imidazole rings is 1. The molecule has 2 aromatic rings. The van der Waals surface area contributed by atoms with E-state index in [-0.39, 0.29) is 11.5 Å². The van der Waals surface area contributed by atoms with Crippen molar-refractivity contribution in [1.29, 1.82) is 0 Å². The van der Waals surface area contributed by atoms with Crippen LogP contribution in [0.1, 0.15) is 16.2 Å². The van der Waals surface area contributed by atoms with E-state index in [4.69, 9.17) is 11.5 Å².